The Morgan fingerprint density at radius 3 is 1.39 bits per heavy atom. The first-order valence-corrected chi connectivity index (χ1v) is 5.37. The molecule has 0 N–H and O–H groups in total. The second-order valence-corrected chi connectivity index (χ2v) is 2.93. The first-order chi connectivity index (χ1) is 20.6. The van der Waals surface area contributed by atoms with Gasteiger partial charge < -0.3 is 9.47 Å². The third-order valence-corrected chi connectivity index (χ3v) is 1.35. The number of rotatable bonds is 8. The van der Waals surface area contributed by atoms with Gasteiger partial charge in [0, 0.05) is 37.1 Å². The Balaban J connectivity index is -0.0000000164. The summed E-state index contributed by atoms with van der Waals surface area (Å²) in [6.45, 7) is 14.1. The molecule has 0 spiro atoms. The van der Waals surface area contributed by atoms with Crippen LogP contribution in [0.4, 0.5) is 0 Å². The molecular weight excluding hydrogens is 232 g/mol. The SMILES string of the molecule is C=CCOC(=O)CC=C.C=CCOC(=O)CC=C.[2HH].[2H][2H].[2H][2H].[2H][2H].[2H][2H].[2H][2H].[2H][2H].[2H][2H].[2H][2H].[2H][2H].[2H][2H].[2H][2H].[2H][2H]. The van der Waals surface area contributed by atoms with Gasteiger partial charge in [0.15, 0.2) is 0 Å². The van der Waals surface area contributed by atoms with Crippen LogP contribution >= 0.6 is 0 Å². The highest BCUT2D eigenvalue weighted by atomic mass is 16.5. The smallest absolute Gasteiger partial charge is 0.309 e. The van der Waals surface area contributed by atoms with Gasteiger partial charge in [0.1, 0.15) is 13.2 Å². The third kappa shape index (κ3) is 16.3. The van der Waals surface area contributed by atoms with Gasteiger partial charge in [-0.15, -0.1) is 13.2 Å². The molecule has 0 saturated carbocycles. The lowest BCUT2D eigenvalue weighted by Crippen LogP contribution is -2.01. The molecule has 0 aromatic carbocycles. The summed E-state index contributed by atoms with van der Waals surface area (Å²) in [5.41, 5.74) is 0. The van der Waals surface area contributed by atoms with Gasteiger partial charge in [-0.3, -0.25) is 9.59 Å². The second kappa shape index (κ2) is 14.9. The maximum absolute atomic E-state index is 10.5. The van der Waals surface area contributed by atoms with E-state index in [1.54, 1.807) is 0 Å². The van der Waals surface area contributed by atoms with Crippen LogP contribution in [0.5, 0.6) is 0 Å². The van der Waals surface area contributed by atoms with E-state index in [1.807, 2.05) is 0 Å². The predicted octanol–water partition coefficient (Wildman–Crippen LogP) is 5.78. The van der Waals surface area contributed by atoms with E-state index in [1.165, 1.54) is 24.3 Å². The van der Waals surface area contributed by atoms with Crippen LogP contribution in [0.2, 0.25) is 0 Å². The molecule has 0 amide bonds. The molecule has 0 bridgehead atoms. The number of hydrogen-bond acceptors (Lipinski definition) is 4. The van der Waals surface area contributed by atoms with E-state index in [9.17, 15) is 9.59 Å². The molecule has 0 fully saturated rings. The zero-order valence-corrected chi connectivity index (χ0v) is 10.6. The Hall–Kier alpha value is -2.10. The minimum atomic E-state index is -0.259. The quantitative estimate of drug-likeness (QED) is 0.421. The fraction of sp³-hybridized carbons (Fsp3) is 0.286. The fourth-order valence-electron chi connectivity index (χ4n) is 0.657. The summed E-state index contributed by atoms with van der Waals surface area (Å²) in [6.07, 6.45) is 6.61. The zero-order valence-electron chi connectivity index (χ0n) is 34.6. The average Bonchev–Trinajstić information content (AvgIpc) is 3.14. The fourth-order valence-corrected chi connectivity index (χ4v) is 0.657. The largest absolute Gasteiger partial charge is 0.461 e. The Morgan fingerprint density at radius 2 is 1.17 bits per heavy atom. The van der Waals surface area contributed by atoms with Crippen molar-refractivity contribution in [3.8, 4) is 0 Å². The van der Waals surface area contributed by atoms with E-state index < -0.39 is 0 Å². The van der Waals surface area contributed by atoms with Gasteiger partial charge >= 0.3 is 11.9 Å². The molecule has 0 aliphatic rings. The van der Waals surface area contributed by atoms with E-state index in [0.717, 1.165) is 0 Å². The standard InChI is InChI=1S/2C7H10O2.13H2/c2*1-3-5-7(8)9-6-4-2;;;;;;;;;;;;;/h2*3-4H,1-2,5-6H2;13*1H/i;;12*1+1D;1+1. The molecule has 0 heterocycles. The Labute approximate surface area is 147 Å². The summed E-state index contributed by atoms with van der Waals surface area (Å²) in [6, 6.07) is 0. The summed E-state index contributed by atoms with van der Waals surface area (Å²) in [5, 5.41) is 0. The van der Waals surface area contributed by atoms with Crippen LogP contribution in [-0.4, -0.2) is 25.2 Å². The first kappa shape index (κ1) is 5.26. The molecule has 0 radical (unpaired) electrons. The highest BCUT2D eigenvalue weighted by molar-refractivity contribution is 5.71. The number of esters is 2. The van der Waals surface area contributed by atoms with Crippen LogP contribution in [0.15, 0.2) is 50.6 Å². The van der Waals surface area contributed by atoms with Crippen LogP contribution in [0.25, 0.3) is 0 Å². The predicted molar refractivity (Wildman–Crippen MR) is 99.4 cm³/mol. The van der Waals surface area contributed by atoms with Crippen molar-refractivity contribution in [2.75, 3.05) is 13.2 Å². The highest BCUT2D eigenvalue weighted by Crippen LogP contribution is 1.86. The highest BCUT2D eigenvalue weighted by Gasteiger charge is 1.94. The first-order valence-electron chi connectivity index (χ1n) is 17.4. The minimum Gasteiger partial charge on any atom is -0.461 e. The van der Waals surface area contributed by atoms with Crippen LogP contribution in [-0.2, 0) is 19.1 Å². The van der Waals surface area contributed by atoms with Crippen molar-refractivity contribution < 1.29 is 56.1 Å². The van der Waals surface area contributed by atoms with Crippen LogP contribution in [0.3, 0.4) is 0 Å². The molecule has 0 rings (SSSR count). The Kier molecular flexibility index (Phi) is 4.36. The summed E-state index contributed by atoms with van der Waals surface area (Å²) in [5.74, 6) is -0.519. The van der Waals surface area contributed by atoms with Crippen molar-refractivity contribution >= 4 is 11.9 Å². The van der Waals surface area contributed by atoms with Crippen molar-refractivity contribution in [2.45, 2.75) is 12.8 Å². The molecule has 18 heavy (non-hydrogen) atoms. The summed E-state index contributed by atoms with van der Waals surface area (Å²) >= 11 is 0. The molecule has 0 saturated heterocycles. The van der Waals surface area contributed by atoms with Gasteiger partial charge in [-0.2, -0.15) is 0 Å². The Bertz CT molecular complexity index is 304. The molecule has 0 aliphatic carbocycles. The lowest BCUT2D eigenvalue weighted by atomic mass is 10.4. The van der Waals surface area contributed by atoms with Gasteiger partial charge in [-0.25, -0.2) is 0 Å². The van der Waals surface area contributed by atoms with Crippen molar-refractivity contribution in [3.05, 3.63) is 50.6 Å². The summed E-state index contributed by atoms with van der Waals surface area (Å²) in [4.78, 5) is 20.9. The normalized spacial score (nSPS) is 13.3. The van der Waals surface area contributed by atoms with Gasteiger partial charge in [0.25, 0.3) is 0 Å². The van der Waals surface area contributed by atoms with Crippen molar-refractivity contribution in [2.24, 2.45) is 0 Å². The van der Waals surface area contributed by atoms with Gasteiger partial charge in [-0.1, -0.05) is 37.5 Å². The van der Waals surface area contributed by atoms with Crippen molar-refractivity contribution in [1.29, 1.82) is 0 Å². The van der Waals surface area contributed by atoms with Crippen LogP contribution in [0.1, 0.15) is 49.9 Å². The van der Waals surface area contributed by atoms with Gasteiger partial charge in [-0.05, 0) is 0 Å². The Morgan fingerprint density at radius 1 is 0.833 bits per heavy atom. The molecule has 126 valence electrons. The molecular formula is C14H46O4. The number of carbonyl (C=O) groups is 2. The minimum absolute atomic E-state index is 0. The summed E-state index contributed by atoms with van der Waals surface area (Å²) in [7, 11) is 0. The van der Waals surface area contributed by atoms with E-state index in [4.69, 9.17) is 35.6 Å². The average molecular weight is 304 g/mol. The van der Waals surface area contributed by atoms with Crippen LogP contribution in [0, 0.1) is 0 Å². The van der Waals surface area contributed by atoms with E-state index in [0.29, 0.717) is 0 Å². The molecule has 4 heteroatoms. The molecule has 0 aliphatic heterocycles. The lowest BCUT2D eigenvalue weighted by molar-refractivity contribution is -0.142. The van der Waals surface area contributed by atoms with Crippen molar-refractivity contribution in [1.82, 2.24) is 0 Å². The van der Waals surface area contributed by atoms with Gasteiger partial charge in [0.05, 0.1) is 12.8 Å². The van der Waals surface area contributed by atoms with Crippen LogP contribution < -0.4 is 0 Å². The van der Waals surface area contributed by atoms with Crippen molar-refractivity contribution in [3.63, 3.8) is 0 Å². The second-order valence-electron chi connectivity index (χ2n) is 2.93. The maximum atomic E-state index is 10.5. The molecule has 0 unspecified atom stereocenters. The molecule has 0 aromatic heterocycles. The van der Waals surface area contributed by atoms with E-state index >= 15 is 0 Å². The number of hydrogen-bond donors (Lipinski definition) is 0. The third-order valence-electron chi connectivity index (χ3n) is 1.35. The van der Waals surface area contributed by atoms with Gasteiger partial charge in [0.2, 0.25) is 0 Å². The number of carbonyl (C=O) groups excluding carboxylic acids is 2. The maximum Gasteiger partial charge on any atom is 0.309 e. The van der Waals surface area contributed by atoms with E-state index in [-0.39, 0.29) is 39.4 Å². The molecule has 0 atom stereocenters. The van der Waals surface area contributed by atoms with E-state index in [2.05, 4.69) is 35.8 Å². The topological polar surface area (TPSA) is 52.6 Å². The zero-order chi connectivity index (χ0) is 38.2. The molecule has 4 nitrogen and oxygen atoms in total. The lowest BCUT2D eigenvalue weighted by Gasteiger charge is -1.95. The summed E-state index contributed by atoms with van der Waals surface area (Å²) < 4.78 is 129. The molecule has 0 aromatic rings. The monoisotopic (exact) mass is 303 g/mol. The number of ether oxygens (including phenoxy) is 2.